The van der Waals surface area contributed by atoms with Crippen LogP contribution in [0.2, 0.25) is 10.0 Å². The van der Waals surface area contributed by atoms with Crippen molar-refractivity contribution < 1.29 is 14.4 Å². The molecule has 2 aromatic rings. The van der Waals surface area contributed by atoms with Crippen LogP contribution in [0.5, 0.6) is 0 Å². The molecule has 8 heteroatoms. The molecule has 140 valence electrons. The van der Waals surface area contributed by atoms with Crippen LogP contribution < -0.4 is 10.6 Å². The van der Waals surface area contributed by atoms with Gasteiger partial charge in [0, 0.05) is 10.6 Å². The maximum Gasteiger partial charge on any atom is 0.325 e. The first kappa shape index (κ1) is 19.2. The predicted octanol–water partition coefficient (Wildman–Crippen LogP) is 3.71. The first-order valence-corrected chi connectivity index (χ1v) is 8.93. The van der Waals surface area contributed by atoms with Gasteiger partial charge in [-0.1, -0.05) is 47.5 Å². The second-order valence-corrected chi connectivity index (χ2v) is 7.27. The summed E-state index contributed by atoms with van der Waals surface area (Å²) in [5.74, 6) is -1.08. The number of aryl methyl sites for hydroxylation is 1. The van der Waals surface area contributed by atoms with E-state index in [1.54, 1.807) is 49.4 Å². The van der Waals surface area contributed by atoms with E-state index in [9.17, 15) is 14.4 Å². The number of carbonyl (C=O) groups is 3. The van der Waals surface area contributed by atoms with E-state index in [1.807, 2.05) is 6.92 Å². The monoisotopic (exact) mass is 405 g/mol. The van der Waals surface area contributed by atoms with Crippen LogP contribution in [0.25, 0.3) is 0 Å². The lowest BCUT2D eigenvalue weighted by Gasteiger charge is -2.23. The Kier molecular flexibility index (Phi) is 5.13. The van der Waals surface area contributed by atoms with Gasteiger partial charge in [-0.25, -0.2) is 4.79 Å². The number of anilines is 1. The minimum absolute atomic E-state index is 0.353. The van der Waals surface area contributed by atoms with Crippen LogP contribution in [0.4, 0.5) is 10.5 Å². The van der Waals surface area contributed by atoms with Crippen molar-refractivity contribution in [1.29, 1.82) is 0 Å². The van der Waals surface area contributed by atoms with Gasteiger partial charge in [-0.2, -0.15) is 0 Å². The van der Waals surface area contributed by atoms with E-state index in [2.05, 4.69) is 10.6 Å². The van der Waals surface area contributed by atoms with Gasteiger partial charge in [0.15, 0.2) is 0 Å². The number of imide groups is 1. The molecule has 3 rings (SSSR count). The highest BCUT2D eigenvalue weighted by Gasteiger charge is 2.50. The Morgan fingerprint density at radius 2 is 1.85 bits per heavy atom. The molecule has 2 aromatic carbocycles. The third-order valence-electron chi connectivity index (χ3n) is 4.39. The van der Waals surface area contributed by atoms with Crippen molar-refractivity contribution in [1.82, 2.24) is 10.2 Å². The zero-order valence-corrected chi connectivity index (χ0v) is 16.2. The molecule has 27 heavy (non-hydrogen) atoms. The minimum atomic E-state index is -1.34. The van der Waals surface area contributed by atoms with Crippen molar-refractivity contribution in [3.05, 3.63) is 63.6 Å². The molecule has 1 fully saturated rings. The van der Waals surface area contributed by atoms with Crippen LogP contribution in [-0.2, 0) is 15.1 Å². The van der Waals surface area contributed by atoms with Gasteiger partial charge in [0.1, 0.15) is 12.1 Å². The molecule has 6 nitrogen and oxygen atoms in total. The Morgan fingerprint density at radius 3 is 2.52 bits per heavy atom. The van der Waals surface area contributed by atoms with Crippen molar-refractivity contribution in [2.75, 3.05) is 11.9 Å². The average molecular weight is 406 g/mol. The predicted molar refractivity (Wildman–Crippen MR) is 104 cm³/mol. The summed E-state index contributed by atoms with van der Waals surface area (Å²) in [6.45, 7) is 3.00. The molecule has 2 N–H and O–H groups in total. The summed E-state index contributed by atoms with van der Waals surface area (Å²) in [5.41, 5.74) is 0.488. The second-order valence-electron chi connectivity index (χ2n) is 6.46. The van der Waals surface area contributed by atoms with Gasteiger partial charge in [0.05, 0.1) is 10.7 Å². The smallest absolute Gasteiger partial charge is 0.323 e. The number of hydrogen-bond donors (Lipinski definition) is 2. The van der Waals surface area contributed by atoms with Gasteiger partial charge < -0.3 is 10.6 Å². The van der Waals surface area contributed by atoms with Crippen molar-refractivity contribution in [3.8, 4) is 0 Å². The normalized spacial score (nSPS) is 19.2. The first-order valence-electron chi connectivity index (χ1n) is 8.17. The highest BCUT2D eigenvalue weighted by atomic mass is 35.5. The van der Waals surface area contributed by atoms with Gasteiger partial charge in [-0.05, 0) is 37.6 Å². The molecule has 4 amide bonds. The molecule has 1 atom stereocenters. The van der Waals surface area contributed by atoms with E-state index in [-0.39, 0.29) is 0 Å². The zero-order valence-electron chi connectivity index (χ0n) is 14.7. The number of urea groups is 1. The summed E-state index contributed by atoms with van der Waals surface area (Å²) in [6.07, 6.45) is 0. The highest BCUT2D eigenvalue weighted by molar-refractivity contribution is 6.34. The lowest BCUT2D eigenvalue weighted by molar-refractivity contribution is -0.133. The number of amides is 4. The number of rotatable bonds is 4. The fraction of sp³-hybridized carbons (Fsp3) is 0.211. The van der Waals surface area contributed by atoms with Crippen molar-refractivity contribution in [2.24, 2.45) is 0 Å². The molecule has 1 aliphatic rings. The summed E-state index contributed by atoms with van der Waals surface area (Å²) in [7, 11) is 0. The molecule has 0 radical (unpaired) electrons. The van der Waals surface area contributed by atoms with E-state index < -0.39 is 29.9 Å². The van der Waals surface area contributed by atoms with Gasteiger partial charge in [0.2, 0.25) is 5.91 Å². The highest BCUT2D eigenvalue weighted by Crippen LogP contribution is 2.33. The largest absolute Gasteiger partial charge is 0.325 e. The van der Waals surface area contributed by atoms with Crippen LogP contribution in [0, 0.1) is 6.92 Å². The van der Waals surface area contributed by atoms with Gasteiger partial charge in [-0.3, -0.25) is 14.5 Å². The quantitative estimate of drug-likeness (QED) is 0.760. The number of nitrogens with one attached hydrogen (secondary N) is 2. The van der Waals surface area contributed by atoms with Gasteiger partial charge in [0.25, 0.3) is 5.91 Å². The Balaban J connectivity index is 1.78. The number of carbonyl (C=O) groups excluding carboxylic acids is 3. The SMILES string of the molecule is Cc1ccc(NC(=O)CN2C(=O)N[C@](C)(c3ccccc3Cl)C2=O)c(Cl)c1. The summed E-state index contributed by atoms with van der Waals surface area (Å²) in [4.78, 5) is 38.4. The first-order chi connectivity index (χ1) is 12.7. The maximum atomic E-state index is 12.9. The number of halogens is 2. The molecule has 0 aliphatic carbocycles. The Morgan fingerprint density at radius 1 is 1.15 bits per heavy atom. The summed E-state index contributed by atoms with van der Waals surface area (Å²) >= 11 is 12.3. The molecule has 1 aliphatic heterocycles. The average Bonchev–Trinajstić information content (AvgIpc) is 2.82. The molecule has 0 spiro atoms. The molecule has 1 saturated heterocycles. The standard InChI is InChI=1S/C19H17Cl2N3O3/c1-11-7-8-15(14(21)9-11)22-16(25)10-24-17(26)19(2,23-18(24)27)12-5-3-4-6-13(12)20/h3-9H,10H2,1-2H3,(H,22,25)(H,23,27)/t19-/m1/s1. The van der Waals surface area contributed by atoms with Crippen LogP contribution >= 0.6 is 23.2 Å². The molecule has 0 saturated carbocycles. The summed E-state index contributed by atoms with van der Waals surface area (Å²) in [6, 6.07) is 11.3. The van der Waals surface area contributed by atoms with Crippen LogP contribution in [0.3, 0.4) is 0 Å². The van der Waals surface area contributed by atoms with E-state index in [4.69, 9.17) is 23.2 Å². The lowest BCUT2D eigenvalue weighted by Crippen LogP contribution is -2.42. The Labute approximate surface area is 166 Å². The Bertz CT molecular complexity index is 948. The molecular formula is C19H17Cl2N3O3. The van der Waals surface area contributed by atoms with E-state index in [0.717, 1.165) is 10.5 Å². The zero-order chi connectivity index (χ0) is 19.8. The van der Waals surface area contributed by atoms with Crippen molar-refractivity contribution in [2.45, 2.75) is 19.4 Å². The number of nitrogens with zero attached hydrogens (tertiary/aromatic N) is 1. The molecule has 0 aromatic heterocycles. The number of benzene rings is 2. The fourth-order valence-corrected chi connectivity index (χ4v) is 3.55. The van der Waals surface area contributed by atoms with Crippen molar-refractivity contribution >= 4 is 46.7 Å². The second kappa shape index (κ2) is 7.21. The molecule has 1 heterocycles. The van der Waals surface area contributed by atoms with E-state index in [1.165, 1.54) is 0 Å². The van der Waals surface area contributed by atoms with Crippen molar-refractivity contribution in [3.63, 3.8) is 0 Å². The lowest BCUT2D eigenvalue weighted by atomic mass is 9.92. The van der Waals surface area contributed by atoms with Crippen LogP contribution in [0.15, 0.2) is 42.5 Å². The number of hydrogen-bond acceptors (Lipinski definition) is 3. The third-order valence-corrected chi connectivity index (χ3v) is 5.03. The van der Waals surface area contributed by atoms with Crippen LogP contribution in [0.1, 0.15) is 18.1 Å². The molecular weight excluding hydrogens is 389 g/mol. The van der Waals surface area contributed by atoms with Gasteiger partial charge in [-0.15, -0.1) is 0 Å². The maximum absolute atomic E-state index is 12.9. The van der Waals surface area contributed by atoms with Gasteiger partial charge >= 0.3 is 6.03 Å². The fourth-order valence-electron chi connectivity index (χ4n) is 2.94. The Hall–Kier alpha value is -2.57. The summed E-state index contributed by atoms with van der Waals surface area (Å²) < 4.78 is 0. The molecule has 0 unspecified atom stereocenters. The minimum Gasteiger partial charge on any atom is -0.323 e. The van der Waals surface area contributed by atoms with E-state index in [0.29, 0.717) is 21.3 Å². The van der Waals surface area contributed by atoms with Crippen LogP contribution in [-0.4, -0.2) is 29.3 Å². The topological polar surface area (TPSA) is 78.5 Å². The summed E-state index contributed by atoms with van der Waals surface area (Å²) in [5, 5.41) is 5.96. The van der Waals surface area contributed by atoms with E-state index >= 15 is 0 Å². The molecule has 0 bridgehead atoms. The third kappa shape index (κ3) is 3.63.